The van der Waals surface area contributed by atoms with Crippen molar-refractivity contribution in [1.82, 2.24) is 24.9 Å². The lowest BCUT2D eigenvalue weighted by Crippen LogP contribution is -2.40. The predicted octanol–water partition coefficient (Wildman–Crippen LogP) is 3.28. The SMILES string of the molecule is CN(Cc1cccc(-n2cccn2)c1)C(=O)NC[C@H]1CCN(C2CCCC2)C1. The summed E-state index contributed by atoms with van der Waals surface area (Å²) in [5.41, 5.74) is 2.10. The number of carbonyl (C=O) groups is 1. The van der Waals surface area contributed by atoms with E-state index in [1.165, 1.54) is 38.6 Å². The maximum atomic E-state index is 12.5. The van der Waals surface area contributed by atoms with Crippen LogP contribution in [0.5, 0.6) is 0 Å². The van der Waals surface area contributed by atoms with Gasteiger partial charge < -0.3 is 15.1 Å². The molecule has 1 saturated carbocycles. The minimum absolute atomic E-state index is 0.00353. The van der Waals surface area contributed by atoms with Gasteiger partial charge >= 0.3 is 6.03 Å². The van der Waals surface area contributed by atoms with Gasteiger partial charge in [0.25, 0.3) is 0 Å². The molecule has 0 bridgehead atoms. The number of amides is 2. The van der Waals surface area contributed by atoms with Crippen LogP contribution in [-0.2, 0) is 6.54 Å². The van der Waals surface area contributed by atoms with Gasteiger partial charge in [-0.3, -0.25) is 0 Å². The number of rotatable bonds is 6. The van der Waals surface area contributed by atoms with E-state index in [2.05, 4.69) is 21.4 Å². The molecule has 0 radical (unpaired) electrons. The van der Waals surface area contributed by atoms with Gasteiger partial charge in [-0.1, -0.05) is 25.0 Å². The molecule has 0 unspecified atom stereocenters. The Hall–Kier alpha value is -2.34. The Balaban J connectivity index is 1.24. The number of benzene rings is 1. The molecule has 28 heavy (non-hydrogen) atoms. The summed E-state index contributed by atoms with van der Waals surface area (Å²) < 4.78 is 1.83. The second kappa shape index (κ2) is 8.78. The van der Waals surface area contributed by atoms with E-state index in [4.69, 9.17) is 0 Å². The molecule has 4 rings (SSSR count). The highest BCUT2D eigenvalue weighted by molar-refractivity contribution is 5.73. The van der Waals surface area contributed by atoms with E-state index in [0.717, 1.165) is 30.4 Å². The number of nitrogens with one attached hydrogen (secondary N) is 1. The fourth-order valence-electron chi connectivity index (χ4n) is 4.56. The first-order valence-electron chi connectivity index (χ1n) is 10.5. The summed E-state index contributed by atoms with van der Waals surface area (Å²) in [6.45, 7) is 3.70. The third-order valence-corrected chi connectivity index (χ3v) is 6.15. The standard InChI is InChI=1S/C22H31N5O/c1-25(16-18-6-4-9-21(14-18)27-12-5-11-24-27)22(28)23-15-19-10-13-26(17-19)20-7-2-3-8-20/h4-6,9,11-12,14,19-20H,2-3,7-8,10,13,15-17H2,1H3,(H,23,28)/t19-/m1/s1. The second-order valence-corrected chi connectivity index (χ2v) is 8.25. The van der Waals surface area contributed by atoms with Gasteiger partial charge in [-0.05, 0) is 55.5 Å². The van der Waals surface area contributed by atoms with Crippen molar-refractivity contribution in [2.24, 2.45) is 5.92 Å². The fourth-order valence-corrected chi connectivity index (χ4v) is 4.56. The number of nitrogens with zero attached hydrogens (tertiary/aromatic N) is 4. The number of hydrogen-bond donors (Lipinski definition) is 1. The van der Waals surface area contributed by atoms with Crippen molar-refractivity contribution in [2.45, 2.75) is 44.7 Å². The van der Waals surface area contributed by atoms with Crippen LogP contribution in [0.1, 0.15) is 37.7 Å². The smallest absolute Gasteiger partial charge is 0.317 e. The minimum atomic E-state index is 0.00353. The Kier molecular flexibility index (Phi) is 5.95. The molecule has 6 heteroatoms. The first-order valence-corrected chi connectivity index (χ1v) is 10.5. The van der Waals surface area contributed by atoms with Crippen molar-refractivity contribution in [2.75, 3.05) is 26.7 Å². The third-order valence-electron chi connectivity index (χ3n) is 6.15. The van der Waals surface area contributed by atoms with Crippen LogP contribution in [0, 0.1) is 5.92 Å². The zero-order chi connectivity index (χ0) is 19.3. The molecule has 2 heterocycles. The van der Waals surface area contributed by atoms with Crippen LogP contribution in [0.2, 0.25) is 0 Å². The topological polar surface area (TPSA) is 53.4 Å². The molecule has 1 saturated heterocycles. The van der Waals surface area contributed by atoms with E-state index in [9.17, 15) is 4.79 Å². The largest absolute Gasteiger partial charge is 0.338 e. The summed E-state index contributed by atoms with van der Waals surface area (Å²) in [7, 11) is 1.86. The highest BCUT2D eigenvalue weighted by Gasteiger charge is 2.30. The minimum Gasteiger partial charge on any atom is -0.338 e. The Morgan fingerprint density at radius 3 is 2.89 bits per heavy atom. The van der Waals surface area contributed by atoms with Gasteiger partial charge in [0, 0.05) is 45.1 Å². The van der Waals surface area contributed by atoms with Crippen LogP contribution < -0.4 is 5.32 Å². The lowest BCUT2D eigenvalue weighted by Gasteiger charge is -2.24. The van der Waals surface area contributed by atoms with E-state index >= 15 is 0 Å². The Morgan fingerprint density at radius 1 is 1.25 bits per heavy atom. The molecule has 1 aliphatic carbocycles. The van der Waals surface area contributed by atoms with Gasteiger partial charge in [0.1, 0.15) is 0 Å². The molecule has 150 valence electrons. The van der Waals surface area contributed by atoms with Crippen LogP contribution in [0.4, 0.5) is 4.79 Å². The molecular formula is C22H31N5O. The molecule has 2 aromatic rings. The third kappa shape index (κ3) is 4.55. The van der Waals surface area contributed by atoms with Crippen LogP contribution in [0.25, 0.3) is 5.69 Å². The van der Waals surface area contributed by atoms with Crippen molar-refractivity contribution in [1.29, 1.82) is 0 Å². The Bertz CT molecular complexity index is 769. The van der Waals surface area contributed by atoms with Gasteiger partial charge in [-0.15, -0.1) is 0 Å². The van der Waals surface area contributed by atoms with Gasteiger partial charge in [-0.2, -0.15) is 5.10 Å². The first-order chi connectivity index (χ1) is 13.7. The highest BCUT2D eigenvalue weighted by Crippen LogP contribution is 2.28. The molecule has 1 aliphatic heterocycles. The number of likely N-dealkylation sites (tertiary alicyclic amines) is 1. The van der Waals surface area contributed by atoms with E-state index in [0.29, 0.717) is 12.5 Å². The van der Waals surface area contributed by atoms with Crippen molar-refractivity contribution >= 4 is 6.03 Å². The molecule has 0 spiro atoms. The quantitative estimate of drug-likeness (QED) is 0.835. The van der Waals surface area contributed by atoms with E-state index in [1.807, 2.05) is 42.2 Å². The molecule has 1 N–H and O–H groups in total. The molecular weight excluding hydrogens is 350 g/mol. The van der Waals surface area contributed by atoms with Crippen LogP contribution in [0.15, 0.2) is 42.7 Å². The highest BCUT2D eigenvalue weighted by atomic mass is 16.2. The molecule has 2 fully saturated rings. The fraction of sp³-hybridized carbons (Fsp3) is 0.545. The van der Waals surface area contributed by atoms with Crippen molar-refractivity contribution in [3.8, 4) is 5.69 Å². The van der Waals surface area contributed by atoms with Gasteiger partial charge in [0.05, 0.1) is 5.69 Å². The summed E-state index contributed by atoms with van der Waals surface area (Å²) >= 11 is 0. The summed E-state index contributed by atoms with van der Waals surface area (Å²) in [6, 6.07) is 10.9. The molecule has 2 aliphatic rings. The summed E-state index contributed by atoms with van der Waals surface area (Å²) in [4.78, 5) is 16.9. The van der Waals surface area contributed by atoms with E-state index < -0.39 is 0 Å². The van der Waals surface area contributed by atoms with Gasteiger partial charge in [-0.25, -0.2) is 9.48 Å². The normalized spacial score (nSPS) is 20.5. The lowest BCUT2D eigenvalue weighted by atomic mass is 10.1. The number of urea groups is 1. The summed E-state index contributed by atoms with van der Waals surface area (Å²) in [5, 5.41) is 7.41. The van der Waals surface area contributed by atoms with Crippen LogP contribution in [-0.4, -0.2) is 58.3 Å². The maximum absolute atomic E-state index is 12.5. The van der Waals surface area contributed by atoms with Crippen molar-refractivity contribution < 1.29 is 4.79 Å². The Labute approximate surface area is 167 Å². The van der Waals surface area contributed by atoms with Gasteiger partial charge in [0.2, 0.25) is 0 Å². The summed E-state index contributed by atoms with van der Waals surface area (Å²) in [6.07, 6.45) is 10.4. The number of aromatic nitrogens is 2. The second-order valence-electron chi connectivity index (χ2n) is 8.25. The maximum Gasteiger partial charge on any atom is 0.317 e. The number of hydrogen-bond acceptors (Lipinski definition) is 3. The molecule has 1 aromatic heterocycles. The predicted molar refractivity (Wildman–Crippen MR) is 110 cm³/mol. The van der Waals surface area contributed by atoms with Crippen molar-refractivity contribution in [3.63, 3.8) is 0 Å². The molecule has 2 amide bonds. The zero-order valence-corrected chi connectivity index (χ0v) is 16.8. The summed E-state index contributed by atoms with van der Waals surface area (Å²) in [5.74, 6) is 0.584. The van der Waals surface area contributed by atoms with Gasteiger partial charge in [0.15, 0.2) is 0 Å². The van der Waals surface area contributed by atoms with Crippen molar-refractivity contribution in [3.05, 3.63) is 48.3 Å². The zero-order valence-electron chi connectivity index (χ0n) is 16.8. The number of carbonyl (C=O) groups excluding carboxylic acids is 1. The molecule has 6 nitrogen and oxygen atoms in total. The average molecular weight is 382 g/mol. The monoisotopic (exact) mass is 381 g/mol. The lowest BCUT2D eigenvalue weighted by molar-refractivity contribution is 0.203. The van der Waals surface area contributed by atoms with Crippen LogP contribution in [0.3, 0.4) is 0 Å². The molecule has 1 aromatic carbocycles. The van der Waals surface area contributed by atoms with E-state index in [-0.39, 0.29) is 6.03 Å². The average Bonchev–Trinajstić information content (AvgIpc) is 3.48. The van der Waals surface area contributed by atoms with Crippen LogP contribution >= 0.6 is 0 Å². The molecule has 1 atom stereocenters. The van der Waals surface area contributed by atoms with E-state index in [1.54, 1.807) is 11.1 Å². The first kappa shape index (κ1) is 19.0. The Morgan fingerprint density at radius 2 is 2.11 bits per heavy atom.